The highest BCUT2D eigenvalue weighted by Gasteiger charge is 2.15. The quantitative estimate of drug-likeness (QED) is 0.420. The van der Waals surface area contributed by atoms with Crippen LogP contribution in [-0.4, -0.2) is 21.4 Å². The zero-order chi connectivity index (χ0) is 21.1. The second-order valence-electron chi connectivity index (χ2n) is 6.90. The number of aromatic hydroxyl groups is 1. The van der Waals surface area contributed by atoms with Crippen LogP contribution in [0.3, 0.4) is 0 Å². The number of nitrogens with one attached hydrogen (secondary N) is 2. The summed E-state index contributed by atoms with van der Waals surface area (Å²) in [6, 6.07) is 24.5. The van der Waals surface area contributed by atoms with Gasteiger partial charge in [0.1, 0.15) is 13.6 Å². The molecule has 4 aromatic rings. The van der Waals surface area contributed by atoms with E-state index >= 15 is 0 Å². The molecule has 2 radical (unpaired) electrons. The van der Waals surface area contributed by atoms with Gasteiger partial charge in [0.05, 0.1) is 10.6 Å². The van der Waals surface area contributed by atoms with Gasteiger partial charge < -0.3 is 10.4 Å². The summed E-state index contributed by atoms with van der Waals surface area (Å²) in [5.41, 5.74) is 2.45. The van der Waals surface area contributed by atoms with Crippen molar-refractivity contribution in [1.29, 1.82) is 0 Å². The molecular weight excluding hydrogens is 395 g/mol. The summed E-state index contributed by atoms with van der Waals surface area (Å²) in [4.78, 5) is 0.163. The molecule has 0 aliphatic carbocycles. The lowest BCUT2D eigenvalue weighted by Gasteiger charge is -2.12. The molecule has 3 N–H and O–H groups in total. The van der Waals surface area contributed by atoms with E-state index < -0.39 is 10.0 Å². The molecule has 0 heterocycles. The van der Waals surface area contributed by atoms with Crippen LogP contribution in [0, 0.1) is 0 Å². The van der Waals surface area contributed by atoms with E-state index in [9.17, 15) is 13.5 Å². The lowest BCUT2D eigenvalue weighted by Crippen LogP contribution is -2.13. The molecule has 30 heavy (non-hydrogen) atoms. The summed E-state index contributed by atoms with van der Waals surface area (Å²) < 4.78 is 28.3. The van der Waals surface area contributed by atoms with Crippen molar-refractivity contribution in [2.24, 2.45) is 0 Å². The number of phenols is 1. The highest BCUT2D eigenvalue weighted by Crippen LogP contribution is 2.26. The normalized spacial score (nSPS) is 11.3. The van der Waals surface area contributed by atoms with Gasteiger partial charge in [-0.25, -0.2) is 8.42 Å². The van der Waals surface area contributed by atoms with E-state index in [1.807, 2.05) is 36.4 Å². The van der Waals surface area contributed by atoms with Crippen LogP contribution >= 0.6 is 0 Å². The third-order valence-corrected chi connectivity index (χ3v) is 6.17. The minimum absolute atomic E-state index is 0.112. The van der Waals surface area contributed by atoms with Gasteiger partial charge in [0, 0.05) is 23.2 Å². The van der Waals surface area contributed by atoms with E-state index in [0.717, 1.165) is 16.5 Å². The van der Waals surface area contributed by atoms with Crippen molar-refractivity contribution in [3.63, 3.8) is 0 Å². The van der Waals surface area contributed by atoms with Crippen molar-refractivity contribution in [3.8, 4) is 5.75 Å². The van der Waals surface area contributed by atoms with Gasteiger partial charge >= 0.3 is 0 Å². The minimum Gasteiger partial charge on any atom is -0.508 e. The fourth-order valence-corrected chi connectivity index (χ4v) is 4.28. The molecule has 7 heteroatoms. The van der Waals surface area contributed by atoms with Gasteiger partial charge in [-0.15, -0.1) is 0 Å². The molecule has 148 valence electrons. The summed E-state index contributed by atoms with van der Waals surface area (Å²) in [7, 11) is 1.90. The van der Waals surface area contributed by atoms with Crippen molar-refractivity contribution >= 4 is 45.5 Å². The molecule has 0 aliphatic rings. The summed E-state index contributed by atoms with van der Waals surface area (Å²) in [5.74, 6) is 0.112. The fraction of sp³-hybridized carbons (Fsp3) is 0.0435. The molecular formula is C23H19BN2O3S. The maximum atomic E-state index is 12.8. The maximum Gasteiger partial charge on any atom is 0.261 e. The molecule has 0 fully saturated rings. The van der Waals surface area contributed by atoms with Gasteiger partial charge in [0.15, 0.2) is 0 Å². The number of phenolic OH excluding ortho intramolecular Hbond substituents is 1. The molecule has 0 saturated heterocycles. The van der Waals surface area contributed by atoms with Gasteiger partial charge in [-0.3, -0.25) is 4.72 Å². The molecule has 0 atom stereocenters. The first-order chi connectivity index (χ1) is 14.4. The van der Waals surface area contributed by atoms with Crippen LogP contribution in [-0.2, 0) is 16.6 Å². The second-order valence-corrected chi connectivity index (χ2v) is 8.58. The standard InChI is InChI=1S/C23H19BN2O3S/c24-18-9-8-17(23(27)14-18)15-25-19-10-12-20(13-11-19)30(28,29)26-22-7-3-5-16-4-1-2-6-21(16)22/h1-14,25-27H,15H2. The Balaban J connectivity index is 1.50. The monoisotopic (exact) mass is 414 g/mol. The average molecular weight is 414 g/mol. The lowest BCUT2D eigenvalue weighted by molar-refractivity contribution is 0.469. The maximum absolute atomic E-state index is 12.8. The Labute approximate surface area is 176 Å². The molecule has 4 aromatic carbocycles. The van der Waals surface area contributed by atoms with E-state index in [-0.39, 0.29) is 10.6 Å². The van der Waals surface area contributed by atoms with Crippen LogP contribution in [0.1, 0.15) is 5.56 Å². The highest BCUT2D eigenvalue weighted by molar-refractivity contribution is 7.92. The third kappa shape index (κ3) is 4.26. The van der Waals surface area contributed by atoms with Crippen LogP contribution in [0.4, 0.5) is 11.4 Å². The number of hydrogen-bond acceptors (Lipinski definition) is 4. The molecule has 0 amide bonds. The minimum atomic E-state index is -3.73. The Morgan fingerprint density at radius 1 is 0.867 bits per heavy atom. The molecule has 0 spiro atoms. The van der Waals surface area contributed by atoms with Gasteiger partial charge in [0.2, 0.25) is 0 Å². The Morgan fingerprint density at radius 2 is 1.60 bits per heavy atom. The molecule has 0 aromatic heterocycles. The summed E-state index contributed by atoms with van der Waals surface area (Å²) in [6.45, 7) is 0.381. The molecule has 5 nitrogen and oxygen atoms in total. The Hall–Kier alpha value is -3.45. The molecule has 4 rings (SSSR count). The smallest absolute Gasteiger partial charge is 0.261 e. The predicted octanol–water partition coefficient (Wildman–Crippen LogP) is 3.75. The van der Waals surface area contributed by atoms with Crippen molar-refractivity contribution in [2.45, 2.75) is 11.4 Å². The number of hydrogen-bond donors (Lipinski definition) is 3. The van der Waals surface area contributed by atoms with Gasteiger partial charge in [-0.2, -0.15) is 0 Å². The molecule has 0 bridgehead atoms. The second kappa shape index (κ2) is 8.12. The van der Waals surface area contributed by atoms with Gasteiger partial charge in [-0.1, -0.05) is 54.0 Å². The molecule has 0 unspecified atom stereocenters. The van der Waals surface area contributed by atoms with Gasteiger partial charge in [-0.05, 0) is 41.8 Å². The van der Waals surface area contributed by atoms with E-state index in [2.05, 4.69) is 10.0 Å². The lowest BCUT2D eigenvalue weighted by atomic mass is 9.94. The van der Waals surface area contributed by atoms with E-state index in [0.29, 0.717) is 23.3 Å². The average Bonchev–Trinajstić information content (AvgIpc) is 2.73. The zero-order valence-electron chi connectivity index (χ0n) is 16.0. The topological polar surface area (TPSA) is 78.4 Å². The largest absolute Gasteiger partial charge is 0.508 e. The predicted molar refractivity (Wildman–Crippen MR) is 122 cm³/mol. The van der Waals surface area contributed by atoms with Crippen molar-refractivity contribution in [2.75, 3.05) is 10.0 Å². The van der Waals surface area contributed by atoms with Crippen molar-refractivity contribution < 1.29 is 13.5 Å². The highest BCUT2D eigenvalue weighted by atomic mass is 32.2. The van der Waals surface area contributed by atoms with Crippen molar-refractivity contribution in [1.82, 2.24) is 0 Å². The summed E-state index contributed by atoms with van der Waals surface area (Å²) >= 11 is 0. The van der Waals surface area contributed by atoms with Crippen LogP contribution in [0.5, 0.6) is 5.75 Å². The van der Waals surface area contributed by atoms with E-state index in [1.165, 1.54) is 6.07 Å². The van der Waals surface area contributed by atoms with Crippen LogP contribution in [0.25, 0.3) is 10.8 Å². The first-order valence-electron chi connectivity index (χ1n) is 9.34. The molecule has 0 saturated carbocycles. The fourth-order valence-electron chi connectivity index (χ4n) is 3.20. The summed E-state index contributed by atoms with van der Waals surface area (Å²) in [5, 5.41) is 14.9. The van der Waals surface area contributed by atoms with Crippen molar-refractivity contribution in [3.05, 3.63) is 90.5 Å². The van der Waals surface area contributed by atoms with Crippen LogP contribution in [0.2, 0.25) is 0 Å². The third-order valence-electron chi connectivity index (χ3n) is 4.79. The number of sulfonamides is 1. The SMILES string of the molecule is [B]c1ccc(CNc2ccc(S(=O)(=O)Nc3cccc4ccccc34)cc2)c(O)c1. The number of rotatable bonds is 6. The first-order valence-corrected chi connectivity index (χ1v) is 10.8. The van der Waals surface area contributed by atoms with Gasteiger partial charge in [0.25, 0.3) is 10.0 Å². The van der Waals surface area contributed by atoms with E-state index in [1.54, 1.807) is 42.5 Å². The molecule has 0 aliphatic heterocycles. The number of anilines is 2. The zero-order valence-corrected chi connectivity index (χ0v) is 16.9. The Kier molecular flexibility index (Phi) is 5.38. The Morgan fingerprint density at radius 3 is 2.37 bits per heavy atom. The van der Waals surface area contributed by atoms with E-state index in [4.69, 9.17) is 7.85 Å². The van der Waals surface area contributed by atoms with Crippen LogP contribution in [0.15, 0.2) is 89.8 Å². The number of benzene rings is 4. The number of fused-ring (bicyclic) bond motifs is 1. The Bertz CT molecular complexity index is 1300. The summed E-state index contributed by atoms with van der Waals surface area (Å²) in [6.07, 6.45) is 0. The van der Waals surface area contributed by atoms with Crippen LogP contribution < -0.4 is 15.5 Å². The first kappa shape index (κ1) is 19.9.